The van der Waals surface area contributed by atoms with Crippen LogP contribution in [-0.4, -0.2) is 68.5 Å². The van der Waals surface area contributed by atoms with Gasteiger partial charge in [0, 0.05) is 32.7 Å². The summed E-state index contributed by atoms with van der Waals surface area (Å²) in [6, 6.07) is 5.33. The second kappa shape index (κ2) is 11.0. The van der Waals surface area contributed by atoms with Crippen LogP contribution >= 0.6 is 0 Å². The van der Waals surface area contributed by atoms with Crippen LogP contribution < -0.4 is 15.4 Å². The molecule has 27 heavy (non-hydrogen) atoms. The van der Waals surface area contributed by atoms with Crippen LogP contribution in [0.3, 0.4) is 0 Å². The maximum atomic E-state index is 9.89. The Kier molecular flexibility index (Phi) is 8.67. The molecule has 1 fully saturated rings. The first-order valence-corrected chi connectivity index (χ1v) is 9.73. The zero-order valence-corrected chi connectivity index (χ0v) is 17.0. The van der Waals surface area contributed by atoms with Crippen molar-refractivity contribution in [2.45, 2.75) is 33.4 Å². The van der Waals surface area contributed by atoms with E-state index >= 15 is 0 Å². The molecule has 2 rings (SSSR count). The second-order valence-corrected chi connectivity index (χ2v) is 7.23. The van der Waals surface area contributed by atoms with Crippen LogP contribution in [0, 0.1) is 5.92 Å². The van der Waals surface area contributed by atoms with Gasteiger partial charge in [0.25, 0.3) is 0 Å². The van der Waals surface area contributed by atoms with Crippen molar-refractivity contribution >= 4 is 5.96 Å². The van der Waals surface area contributed by atoms with Crippen LogP contribution in [0.5, 0.6) is 11.5 Å². The third kappa shape index (κ3) is 7.27. The molecule has 0 spiro atoms. The number of phenols is 1. The molecule has 0 aliphatic carbocycles. The normalized spacial score (nSPS) is 18.6. The highest BCUT2D eigenvalue weighted by Gasteiger charge is 2.21. The Morgan fingerprint density at radius 3 is 2.89 bits per heavy atom. The summed E-state index contributed by atoms with van der Waals surface area (Å²) in [7, 11) is 1.54. The lowest BCUT2D eigenvalue weighted by molar-refractivity contribution is -0.0284. The van der Waals surface area contributed by atoms with Gasteiger partial charge in [0.1, 0.15) is 0 Å². The fourth-order valence-electron chi connectivity index (χ4n) is 3.14. The summed E-state index contributed by atoms with van der Waals surface area (Å²) in [6.07, 6.45) is 0.159. The predicted molar refractivity (Wildman–Crippen MR) is 108 cm³/mol. The molecule has 1 aromatic carbocycles. The molecule has 1 aliphatic rings. The molecule has 152 valence electrons. The Hall–Kier alpha value is -1.99. The lowest BCUT2D eigenvalue weighted by atomic mass is 10.2. The maximum absolute atomic E-state index is 9.89. The van der Waals surface area contributed by atoms with Crippen molar-refractivity contribution in [2.24, 2.45) is 10.9 Å². The summed E-state index contributed by atoms with van der Waals surface area (Å²) in [4.78, 5) is 7.07. The third-order valence-corrected chi connectivity index (χ3v) is 4.35. The number of ether oxygens (including phenoxy) is 2. The van der Waals surface area contributed by atoms with Gasteiger partial charge in [-0.05, 0) is 30.5 Å². The summed E-state index contributed by atoms with van der Waals surface area (Å²) in [6.45, 7) is 12.3. The van der Waals surface area contributed by atoms with Gasteiger partial charge in [-0.3, -0.25) is 4.90 Å². The highest BCUT2D eigenvalue weighted by molar-refractivity contribution is 5.79. The number of hydrogen-bond donors (Lipinski definition) is 3. The largest absolute Gasteiger partial charge is 0.504 e. The number of benzene rings is 1. The van der Waals surface area contributed by atoms with Gasteiger partial charge in [0.15, 0.2) is 17.5 Å². The van der Waals surface area contributed by atoms with E-state index in [4.69, 9.17) is 9.47 Å². The Morgan fingerprint density at radius 1 is 1.41 bits per heavy atom. The van der Waals surface area contributed by atoms with Crippen LogP contribution in [0.2, 0.25) is 0 Å². The first-order valence-electron chi connectivity index (χ1n) is 9.73. The van der Waals surface area contributed by atoms with Gasteiger partial charge in [-0.2, -0.15) is 0 Å². The molecule has 0 aromatic heterocycles. The lowest BCUT2D eigenvalue weighted by Gasteiger charge is -2.34. The van der Waals surface area contributed by atoms with E-state index in [-0.39, 0.29) is 11.9 Å². The van der Waals surface area contributed by atoms with Crippen molar-refractivity contribution in [1.29, 1.82) is 0 Å². The Bertz CT molecular complexity index is 607. The number of aliphatic imine (C=N–C) groups is 1. The molecule has 0 bridgehead atoms. The average molecular weight is 379 g/mol. The van der Waals surface area contributed by atoms with Gasteiger partial charge in [0.05, 0.1) is 26.4 Å². The fraction of sp³-hybridized carbons (Fsp3) is 0.650. The number of morpholine rings is 1. The van der Waals surface area contributed by atoms with Crippen molar-refractivity contribution in [3.8, 4) is 11.5 Å². The van der Waals surface area contributed by atoms with E-state index in [2.05, 4.69) is 34.4 Å². The summed E-state index contributed by atoms with van der Waals surface area (Å²) in [5.74, 6) is 2.01. The van der Waals surface area contributed by atoms with E-state index in [1.807, 2.05) is 13.0 Å². The second-order valence-electron chi connectivity index (χ2n) is 7.23. The van der Waals surface area contributed by atoms with Gasteiger partial charge in [-0.15, -0.1) is 0 Å². The number of phenolic OH excluding ortho intramolecular Hbond substituents is 1. The summed E-state index contributed by atoms with van der Waals surface area (Å²) in [5.41, 5.74) is 0.919. The van der Waals surface area contributed by atoms with E-state index in [1.54, 1.807) is 12.1 Å². The minimum Gasteiger partial charge on any atom is -0.504 e. The van der Waals surface area contributed by atoms with Crippen LogP contribution in [-0.2, 0) is 11.3 Å². The lowest BCUT2D eigenvalue weighted by Crippen LogP contribution is -2.50. The topological polar surface area (TPSA) is 78.4 Å². The molecule has 7 heteroatoms. The van der Waals surface area contributed by atoms with E-state index in [1.165, 1.54) is 7.11 Å². The van der Waals surface area contributed by atoms with E-state index in [9.17, 15) is 5.11 Å². The van der Waals surface area contributed by atoms with E-state index in [0.29, 0.717) is 24.8 Å². The highest BCUT2D eigenvalue weighted by Crippen LogP contribution is 2.26. The number of methoxy groups -OCH3 is 1. The molecule has 1 aromatic rings. The minimum absolute atomic E-state index is 0.129. The van der Waals surface area contributed by atoms with Crippen LogP contribution in [0.25, 0.3) is 0 Å². The number of nitrogens with zero attached hydrogens (tertiary/aromatic N) is 2. The van der Waals surface area contributed by atoms with Gasteiger partial charge < -0.3 is 25.2 Å². The van der Waals surface area contributed by atoms with Crippen molar-refractivity contribution in [3.63, 3.8) is 0 Å². The average Bonchev–Trinajstić information content (AvgIpc) is 2.64. The standard InChI is InChI=1S/C20H34N4O3/c1-5-21-20(22-11-16-6-7-19(26-4)18(25)10-16)23-12-17-14-24(8-9-27-17)13-15(2)3/h6-7,10,15,17,25H,5,8-9,11-14H2,1-4H3,(H2,21,22,23). The molecule has 1 heterocycles. The molecule has 0 radical (unpaired) electrons. The van der Waals surface area contributed by atoms with Gasteiger partial charge in [-0.25, -0.2) is 4.99 Å². The number of aromatic hydroxyl groups is 1. The van der Waals surface area contributed by atoms with Crippen molar-refractivity contribution in [1.82, 2.24) is 15.5 Å². The van der Waals surface area contributed by atoms with Gasteiger partial charge in [0.2, 0.25) is 0 Å². The van der Waals surface area contributed by atoms with E-state index in [0.717, 1.165) is 44.3 Å². The Balaban J connectivity index is 1.88. The number of hydrogen-bond acceptors (Lipinski definition) is 5. The molecule has 7 nitrogen and oxygen atoms in total. The number of guanidine groups is 1. The molecule has 1 aliphatic heterocycles. The maximum Gasteiger partial charge on any atom is 0.191 e. The summed E-state index contributed by atoms with van der Waals surface area (Å²) < 4.78 is 11.0. The molecule has 3 N–H and O–H groups in total. The fourth-order valence-corrected chi connectivity index (χ4v) is 3.14. The zero-order chi connectivity index (χ0) is 19.6. The quantitative estimate of drug-likeness (QED) is 0.473. The predicted octanol–water partition coefficient (Wildman–Crippen LogP) is 1.81. The number of nitrogens with one attached hydrogen (secondary N) is 2. The zero-order valence-electron chi connectivity index (χ0n) is 17.0. The van der Waals surface area contributed by atoms with Gasteiger partial charge in [-0.1, -0.05) is 19.9 Å². The molecule has 1 atom stereocenters. The SMILES string of the molecule is CCNC(=NCc1ccc(OC)c(O)c1)NCC1CN(CC(C)C)CCO1. The monoisotopic (exact) mass is 378 g/mol. The Labute approximate surface area is 162 Å². The molecule has 0 amide bonds. The van der Waals surface area contributed by atoms with E-state index < -0.39 is 0 Å². The summed E-state index contributed by atoms with van der Waals surface area (Å²) >= 11 is 0. The van der Waals surface area contributed by atoms with Crippen molar-refractivity contribution < 1.29 is 14.6 Å². The molecule has 1 unspecified atom stereocenters. The smallest absolute Gasteiger partial charge is 0.191 e. The first-order chi connectivity index (χ1) is 13.0. The molecular formula is C20H34N4O3. The van der Waals surface area contributed by atoms with Crippen molar-refractivity contribution in [2.75, 3.05) is 46.4 Å². The number of rotatable bonds is 8. The minimum atomic E-state index is 0.129. The molecule has 1 saturated heterocycles. The van der Waals surface area contributed by atoms with Crippen LogP contribution in [0.15, 0.2) is 23.2 Å². The highest BCUT2D eigenvalue weighted by atomic mass is 16.5. The molecule has 0 saturated carbocycles. The first kappa shape index (κ1) is 21.3. The third-order valence-electron chi connectivity index (χ3n) is 4.35. The van der Waals surface area contributed by atoms with Crippen LogP contribution in [0.1, 0.15) is 26.3 Å². The van der Waals surface area contributed by atoms with Crippen LogP contribution in [0.4, 0.5) is 0 Å². The Morgan fingerprint density at radius 2 is 2.22 bits per heavy atom. The summed E-state index contributed by atoms with van der Waals surface area (Å²) in [5, 5.41) is 16.5. The van der Waals surface area contributed by atoms with Crippen molar-refractivity contribution in [3.05, 3.63) is 23.8 Å². The molecular weight excluding hydrogens is 344 g/mol. The van der Waals surface area contributed by atoms with Gasteiger partial charge >= 0.3 is 0 Å².